The molecule has 0 aromatic carbocycles. The Bertz CT molecular complexity index is 409. The van der Waals surface area contributed by atoms with Crippen molar-refractivity contribution in [2.24, 2.45) is 0 Å². The minimum atomic E-state index is 0.570. The molecular weight excluding hydrogens is 228 g/mol. The summed E-state index contributed by atoms with van der Waals surface area (Å²) in [7, 11) is 0. The fraction of sp³-hybridized carbons (Fsp3) is 0.667. The van der Waals surface area contributed by atoms with E-state index in [0.29, 0.717) is 5.82 Å². The highest BCUT2D eigenvalue weighted by molar-refractivity contribution is 5.52. The maximum Gasteiger partial charge on any atom is 0.229 e. The van der Waals surface area contributed by atoms with Gasteiger partial charge in [0.2, 0.25) is 5.95 Å². The third-order valence-electron chi connectivity index (χ3n) is 3.55. The van der Waals surface area contributed by atoms with Gasteiger partial charge in [0.05, 0.1) is 0 Å². The second-order valence-corrected chi connectivity index (χ2v) is 4.88. The van der Waals surface area contributed by atoms with E-state index in [1.54, 1.807) is 0 Å². The molecule has 3 heterocycles. The van der Waals surface area contributed by atoms with Crippen LogP contribution in [-0.2, 0) is 0 Å². The molecule has 98 valence electrons. The highest BCUT2D eigenvalue weighted by Crippen LogP contribution is 2.21. The normalized spacial score (nSPS) is 20.4. The van der Waals surface area contributed by atoms with Crippen molar-refractivity contribution in [1.82, 2.24) is 15.3 Å². The lowest BCUT2D eigenvalue weighted by molar-refractivity contribution is 0.584. The first-order valence-corrected chi connectivity index (χ1v) is 6.68. The summed E-state index contributed by atoms with van der Waals surface area (Å²) in [6.07, 6.45) is 2.45. The van der Waals surface area contributed by atoms with Crippen molar-refractivity contribution in [2.75, 3.05) is 54.8 Å². The number of hydrogen-bond acceptors (Lipinski definition) is 6. The average Bonchev–Trinajstić information content (AvgIpc) is 2.93. The lowest BCUT2D eigenvalue weighted by Gasteiger charge is -2.29. The molecule has 2 aliphatic heterocycles. The van der Waals surface area contributed by atoms with E-state index in [-0.39, 0.29) is 0 Å². The number of piperazine rings is 1. The van der Waals surface area contributed by atoms with Gasteiger partial charge in [-0.1, -0.05) is 0 Å². The number of nitrogens with zero attached hydrogens (tertiary/aromatic N) is 4. The van der Waals surface area contributed by atoms with Crippen LogP contribution in [0.2, 0.25) is 0 Å². The standard InChI is InChI=1S/C12H20N6/c13-10-9-11(17-7-3-14-4-8-17)16-12(15-10)18-5-1-2-6-18/h9,14H,1-8H2,(H2,13,15,16). The molecule has 0 radical (unpaired) electrons. The molecular formula is C12H20N6. The van der Waals surface area contributed by atoms with E-state index in [0.717, 1.165) is 51.0 Å². The molecule has 0 saturated carbocycles. The van der Waals surface area contributed by atoms with Crippen LogP contribution < -0.4 is 20.9 Å². The van der Waals surface area contributed by atoms with Crippen LogP contribution >= 0.6 is 0 Å². The average molecular weight is 248 g/mol. The Morgan fingerprint density at radius 3 is 2.44 bits per heavy atom. The summed E-state index contributed by atoms with van der Waals surface area (Å²) < 4.78 is 0. The molecule has 2 fully saturated rings. The van der Waals surface area contributed by atoms with Gasteiger partial charge in [-0.3, -0.25) is 0 Å². The monoisotopic (exact) mass is 248 g/mol. The smallest absolute Gasteiger partial charge is 0.229 e. The minimum Gasteiger partial charge on any atom is -0.383 e. The largest absolute Gasteiger partial charge is 0.383 e. The Balaban J connectivity index is 1.84. The molecule has 6 nitrogen and oxygen atoms in total. The summed E-state index contributed by atoms with van der Waals surface area (Å²) in [6, 6.07) is 1.88. The van der Waals surface area contributed by atoms with Crippen LogP contribution in [0, 0.1) is 0 Å². The molecule has 0 unspecified atom stereocenters. The maximum atomic E-state index is 5.91. The van der Waals surface area contributed by atoms with Gasteiger partial charge < -0.3 is 20.9 Å². The van der Waals surface area contributed by atoms with Gasteiger partial charge in [-0.15, -0.1) is 0 Å². The Labute approximate surface area is 107 Å². The van der Waals surface area contributed by atoms with Gasteiger partial charge in [-0.2, -0.15) is 9.97 Å². The van der Waals surface area contributed by atoms with E-state index in [1.165, 1.54) is 12.8 Å². The van der Waals surface area contributed by atoms with Gasteiger partial charge in [-0.05, 0) is 12.8 Å². The molecule has 1 aromatic heterocycles. The lowest BCUT2D eigenvalue weighted by atomic mass is 10.3. The van der Waals surface area contributed by atoms with E-state index < -0.39 is 0 Å². The zero-order chi connectivity index (χ0) is 12.4. The molecule has 0 bridgehead atoms. The SMILES string of the molecule is Nc1cc(N2CCNCC2)nc(N2CCCC2)n1. The summed E-state index contributed by atoms with van der Waals surface area (Å²) in [6.45, 7) is 6.06. The Morgan fingerprint density at radius 1 is 1.00 bits per heavy atom. The summed E-state index contributed by atoms with van der Waals surface area (Å²) in [5, 5.41) is 3.34. The molecule has 3 N–H and O–H groups in total. The molecule has 6 heteroatoms. The minimum absolute atomic E-state index is 0.570. The van der Waals surface area contributed by atoms with E-state index in [4.69, 9.17) is 5.73 Å². The Kier molecular flexibility index (Phi) is 3.19. The predicted molar refractivity (Wildman–Crippen MR) is 73.0 cm³/mol. The van der Waals surface area contributed by atoms with Crippen LogP contribution in [0.3, 0.4) is 0 Å². The van der Waals surface area contributed by atoms with Crippen LogP contribution in [0.15, 0.2) is 6.07 Å². The Hall–Kier alpha value is -1.56. The van der Waals surface area contributed by atoms with Crippen LogP contribution in [0.1, 0.15) is 12.8 Å². The second kappa shape index (κ2) is 4.97. The van der Waals surface area contributed by atoms with Crippen molar-refractivity contribution >= 4 is 17.6 Å². The quantitative estimate of drug-likeness (QED) is 0.772. The molecule has 1 aromatic rings. The number of aromatic nitrogens is 2. The third kappa shape index (κ3) is 2.33. The number of nitrogens with one attached hydrogen (secondary N) is 1. The lowest BCUT2D eigenvalue weighted by Crippen LogP contribution is -2.44. The molecule has 0 aliphatic carbocycles. The molecule has 0 amide bonds. The van der Waals surface area contributed by atoms with Crippen molar-refractivity contribution in [2.45, 2.75) is 12.8 Å². The van der Waals surface area contributed by atoms with Gasteiger partial charge in [-0.25, -0.2) is 0 Å². The van der Waals surface area contributed by atoms with E-state index in [9.17, 15) is 0 Å². The third-order valence-corrected chi connectivity index (χ3v) is 3.55. The van der Waals surface area contributed by atoms with Gasteiger partial charge in [0.1, 0.15) is 11.6 Å². The first kappa shape index (κ1) is 11.5. The zero-order valence-electron chi connectivity index (χ0n) is 10.6. The van der Waals surface area contributed by atoms with Crippen LogP contribution in [-0.4, -0.2) is 49.2 Å². The molecule has 3 rings (SSSR count). The molecule has 0 spiro atoms. The van der Waals surface area contributed by atoms with Gasteiger partial charge >= 0.3 is 0 Å². The van der Waals surface area contributed by atoms with Crippen LogP contribution in [0.25, 0.3) is 0 Å². The first-order chi connectivity index (χ1) is 8.83. The topological polar surface area (TPSA) is 70.3 Å². The number of anilines is 3. The van der Waals surface area contributed by atoms with Gasteiger partial charge in [0, 0.05) is 45.3 Å². The summed E-state index contributed by atoms with van der Waals surface area (Å²) in [4.78, 5) is 13.5. The van der Waals surface area contributed by atoms with Crippen molar-refractivity contribution in [3.8, 4) is 0 Å². The summed E-state index contributed by atoms with van der Waals surface area (Å²) in [5.74, 6) is 2.33. The molecule has 18 heavy (non-hydrogen) atoms. The van der Waals surface area contributed by atoms with Gasteiger partial charge in [0.15, 0.2) is 0 Å². The van der Waals surface area contributed by atoms with Crippen LogP contribution in [0.4, 0.5) is 17.6 Å². The van der Waals surface area contributed by atoms with E-state index in [2.05, 4.69) is 25.1 Å². The van der Waals surface area contributed by atoms with E-state index >= 15 is 0 Å². The van der Waals surface area contributed by atoms with Crippen molar-refractivity contribution in [1.29, 1.82) is 0 Å². The van der Waals surface area contributed by atoms with Crippen molar-refractivity contribution in [3.63, 3.8) is 0 Å². The highest BCUT2D eigenvalue weighted by atomic mass is 15.3. The van der Waals surface area contributed by atoms with Crippen LogP contribution in [0.5, 0.6) is 0 Å². The molecule has 2 saturated heterocycles. The van der Waals surface area contributed by atoms with Gasteiger partial charge in [0.25, 0.3) is 0 Å². The summed E-state index contributed by atoms with van der Waals surface area (Å²) in [5.41, 5.74) is 5.91. The summed E-state index contributed by atoms with van der Waals surface area (Å²) >= 11 is 0. The predicted octanol–water partition coefficient (Wildman–Crippen LogP) is 0.0686. The number of nitrogens with two attached hydrogens (primary N) is 1. The van der Waals surface area contributed by atoms with E-state index in [1.807, 2.05) is 6.07 Å². The molecule has 2 aliphatic rings. The zero-order valence-corrected chi connectivity index (χ0v) is 10.6. The second-order valence-electron chi connectivity index (χ2n) is 4.88. The maximum absolute atomic E-state index is 5.91. The fourth-order valence-electron chi connectivity index (χ4n) is 2.55. The first-order valence-electron chi connectivity index (χ1n) is 6.68. The molecule has 0 atom stereocenters. The number of rotatable bonds is 2. The number of hydrogen-bond donors (Lipinski definition) is 2. The van der Waals surface area contributed by atoms with Crippen molar-refractivity contribution in [3.05, 3.63) is 6.07 Å². The Morgan fingerprint density at radius 2 is 1.72 bits per heavy atom. The highest BCUT2D eigenvalue weighted by Gasteiger charge is 2.18. The fourth-order valence-corrected chi connectivity index (χ4v) is 2.55. The number of nitrogen functional groups attached to an aromatic ring is 1. The van der Waals surface area contributed by atoms with Crippen molar-refractivity contribution < 1.29 is 0 Å².